The van der Waals surface area contributed by atoms with E-state index in [1.807, 2.05) is 0 Å². The predicted octanol–water partition coefficient (Wildman–Crippen LogP) is 0.00240. The summed E-state index contributed by atoms with van der Waals surface area (Å²) < 4.78 is 5.96. The van der Waals surface area contributed by atoms with E-state index < -0.39 is 17.4 Å². The number of aromatic nitrogens is 2. The van der Waals surface area contributed by atoms with E-state index in [9.17, 15) is 19.5 Å². The average Bonchev–Trinajstić information content (AvgIpc) is 2.50. The van der Waals surface area contributed by atoms with E-state index in [2.05, 4.69) is 10.3 Å². The molecular weight excluding hydrogens is 302 g/mol. The van der Waals surface area contributed by atoms with Crippen molar-refractivity contribution in [3.05, 3.63) is 40.9 Å². The van der Waals surface area contributed by atoms with Gasteiger partial charge < -0.3 is 15.2 Å². The molecule has 0 spiro atoms. The Balaban J connectivity index is 2.22. The summed E-state index contributed by atoms with van der Waals surface area (Å²) in [6.07, 6.45) is 1.26. The Kier molecular flexibility index (Phi) is 4.75. The Morgan fingerprint density at radius 3 is 2.74 bits per heavy atom. The molecule has 1 aromatic carbocycles. The number of carbonyl (C=O) groups is 2. The topological polar surface area (TPSA) is 111 Å². The van der Waals surface area contributed by atoms with E-state index in [4.69, 9.17) is 4.74 Å². The molecule has 8 nitrogen and oxygen atoms in total. The third-order valence-electron chi connectivity index (χ3n) is 3.37. The largest absolute Gasteiger partial charge is 0.479 e. The third-order valence-corrected chi connectivity index (χ3v) is 3.37. The number of aliphatic carboxylic acids is 1. The van der Waals surface area contributed by atoms with Crippen LogP contribution >= 0.6 is 0 Å². The van der Waals surface area contributed by atoms with Crippen LogP contribution in [0.25, 0.3) is 10.9 Å². The summed E-state index contributed by atoms with van der Waals surface area (Å²) in [4.78, 5) is 39.7. The smallest absolute Gasteiger partial charge is 0.331 e. The van der Waals surface area contributed by atoms with E-state index in [0.29, 0.717) is 10.9 Å². The second-order valence-corrected chi connectivity index (χ2v) is 5.31. The fourth-order valence-corrected chi connectivity index (χ4v) is 2.16. The van der Waals surface area contributed by atoms with Gasteiger partial charge in [0.25, 0.3) is 5.56 Å². The van der Waals surface area contributed by atoms with Crippen LogP contribution in [0.4, 0.5) is 0 Å². The molecular formula is C15H17N3O5. The van der Waals surface area contributed by atoms with Gasteiger partial charge in [-0.2, -0.15) is 0 Å². The van der Waals surface area contributed by atoms with Crippen LogP contribution in [0.15, 0.2) is 35.4 Å². The number of carboxylic acids is 1. The van der Waals surface area contributed by atoms with Gasteiger partial charge in [-0.1, -0.05) is 12.1 Å². The fourth-order valence-electron chi connectivity index (χ4n) is 2.16. The maximum atomic E-state index is 12.3. The molecule has 2 rings (SSSR count). The van der Waals surface area contributed by atoms with Crippen molar-refractivity contribution in [2.24, 2.45) is 0 Å². The molecule has 122 valence electrons. The molecule has 2 aromatic rings. The molecule has 0 fully saturated rings. The fraction of sp³-hybridized carbons (Fsp3) is 0.333. The van der Waals surface area contributed by atoms with Crippen molar-refractivity contribution >= 4 is 22.8 Å². The molecule has 1 amide bonds. The molecule has 1 aromatic heterocycles. The van der Waals surface area contributed by atoms with Crippen molar-refractivity contribution in [2.75, 3.05) is 13.7 Å². The van der Waals surface area contributed by atoms with Gasteiger partial charge in [0.05, 0.1) is 23.8 Å². The molecule has 0 bridgehead atoms. The highest BCUT2D eigenvalue weighted by atomic mass is 16.5. The Labute approximate surface area is 131 Å². The zero-order chi connectivity index (χ0) is 17.0. The van der Waals surface area contributed by atoms with Crippen molar-refractivity contribution in [3.8, 4) is 0 Å². The number of rotatable bonds is 6. The van der Waals surface area contributed by atoms with E-state index in [1.165, 1.54) is 20.4 Å². The monoisotopic (exact) mass is 319 g/mol. The van der Waals surface area contributed by atoms with Crippen LogP contribution in [-0.2, 0) is 20.9 Å². The van der Waals surface area contributed by atoms with Gasteiger partial charge in [0.2, 0.25) is 5.91 Å². The highest BCUT2D eigenvalue weighted by molar-refractivity contribution is 5.87. The lowest BCUT2D eigenvalue weighted by Gasteiger charge is -2.25. The van der Waals surface area contributed by atoms with Gasteiger partial charge in [-0.05, 0) is 19.1 Å². The zero-order valence-electron chi connectivity index (χ0n) is 12.8. The minimum absolute atomic E-state index is 0.195. The maximum Gasteiger partial charge on any atom is 0.331 e. The summed E-state index contributed by atoms with van der Waals surface area (Å²) in [6.45, 7) is 0.806. The van der Waals surface area contributed by atoms with Gasteiger partial charge in [-0.15, -0.1) is 0 Å². The lowest BCUT2D eigenvalue weighted by atomic mass is 10.0. The summed E-state index contributed by atoms with van der Waals surface area (Å²) in [7, 11) is 1.34. The number of benzene rings is 1. The molecule has 0 saturated heterocycles. The van der Waals surface area contributed by atoms with Crippen LogP contribution in [0.1, 0.15) is 6.92 Å². The predicted molar refractivity (Wildman–Crippen MR) is 82.1 cm³/mol. The number of amides is 1. The zero-order valence-corrected chi connectivity index (χ0v) is 12.8. The van der Waals surface area contributed by atoms with E-state index in [-0.39, 0.29) is 18.7 Å². The van der Waals surface area contributed by atoms with Gasteiger partial charge in [0.1, 0.15) is 6.54 Å². The Morgan fingerprint density at radius 1 is 1.39 bits per heavy atom. The number of hydrogen-bond acceptors (Lipinski definition) is 5. The SMILES string of the molecule is COCC(C)(NC(=O)Cn1cnc2ccccc2c1=O)C(=O)O. The van der Waals surface area contributed by atoms with Gasteiger partial charge in [0, 0.05) is 7.11 Å². The summed E-state index contributed by atoms with van der Waals surface area (Å²) >= 11 is 0. The van der Waals surface area contributed by atoms with Crippen molar-refractivity contribution in [2.45, 2.75) is 19.0 Å². The minimum atomic E-state index is -1.57. The lowest BCUT2D eigenvalue weighted by molar-refractivity contribution is -0.149. The molecule has 1 atom stereocenters. The standard InChI is InChI=1S/C15H17N3O5/c1-15(8-23-2,14(21)22)17-12(19)7-18-9-16-11-6-4-3-5-10(11)13(18)20/h3-6,9H,7-8H2,1-2H3,(H,17,19)(H,21,22). The number of methoxy groups -OCH3 is 1. The summed E-state index contributed by atoms with van der Waals surface area (Å²) in [5.74, 6) is -1.84. The van der Waals surface area contributed by atoms with Gasteiger partial charge >= 0.3 is 5.97 Å². The molecule has 1 heterocycles. The molecule has 2 N–H and O–H groups in total. The molecule has 23 heavy (non-hydrogen) atoms. The van der Waals surface area contributed by atoms with Crippen molar-refractivity contribution in [3.63, 3.8) is 0 Å². The van der Waals surface area contributed by atoms with E-state index in [1.54, 1.807) is 24.3 Å². The number of nitrogens with zero attached hydrogens (tertiary/aromatic N) is 2. The molecule has 0 radical (unpaired) electrons. The molecule has 0 saturated carbocycles. The summed E-state index contributed by atoms with van der Waals surface area (Å²) in [5, 5.41) is 12.0. The van der Waals surface area contributed by atoms with Gasteiger partial charge in [0.15, 0.2) is 5.54 Å². The number of fused-ring (bicyclic) bond motifs is 1. The maximum absolute atomic E-state index is 12.3. The highest BCUT2D eigenvalue weighted by Gasteiger charge is 2.35. The van der Waals surface area contributed by atoms with Crippen LogP contribution in [0, 0.1) is 0 Å². The third kappa shape index (κ3) is 3.54. The molecule has 0 aliphatic heterocycles. The molecule has 8 heteroatoms. The number of ether oxygens (including phenoxy) is 1. The Bertz CT molecular complexity index is 801. The number of nitrogens with one attached hydrogen (secondary N) is 1. The van der Waals surface area contributed by atoms with Crippen LogP contribution in [0.2, 0.25) is 0 Å². The number of para-hydroxylation sites is 1. The second-order valence-electron chi connectivity index (χ2n) is 5.31. The molecule has 0 aliphatic rings. The first kappa shape index (κ1) is 16.6. The minimum Gasteiger partial charge on any atom is -0.479 e. The van der Waals surface area contributed by atoms with E-state index >= 15 is 0 Å². The highest BCUT2D eigenvalue weighted by Crippen LogP contribution is 2.06. The van der Waals surface area contributed by atoms with Gasteiger partial charge in [-0.3, -0.25) is 14.2 Å². The second kappa shape index (κ2) is 6.57. The normalized spacial score (nSPS) is 13.5. The average molecular weight is 319 g/mol. The first-order valence-electron chi connectivity index (χ1n) is 6.85. The van der Waals surface area contributed by atoms with Crippen molar-refractivity contribution in [1.82, 2.24) is 14.9 Å². The number of hydrogen-bond donors (Lipinski definition) is 2. The quantitative estimate of drug-likeness (QED) is 0.775. The van der Waals surface area contributed by atoms with Crippen LogP contribution < -0.4 is 10.9 Å². The van der Waals surface area contributed by atoms with Crippen molar-refractivity contribution < 1.29 is 19.4 Å². The first-order chi connectivity index (χ1) is 10.9. The molecule has 0 aliphatic carbocycles. The lowest BCUT2D eigenvalue weighted by Crippen LogP contribution is -2.56. The van der Waals surface area contributed by atoms with Crippen molar-refractivity contribution in [1.29, 1.82) is 0 Å². The Morgan fingerprint density at radius 2 is 2.09 bits per heavy atom. The van der Waals surface area contributed by atoms with Gasteiger partial charge in [-0.25, -0.2) is 9.78 Å². The number of carboxylic acid groups (broad SMARTS) is 1. The first-order valence-corrected chi connectivity index (χ1v) is 6.85. The summed E-state index contributed by atoms with van der Waals surface area (Å²) in [6, 6.07) is 6.78. The van der Waals surface area contributed by atoms with Crippen LogP contribution in [-0.4, -0.2) is 45.8 Å². The number of carbonyl (C=O) groups excluding carboxylic acids is 1. The Hall–Kier alpha value is -2.74. The molecule has 1 unspecified atom stereocenters. The van der Waals surface area contributed by atoms with E-state index in [0.717, 1.165) is 4.57 Å². The summed E-state index contributed by atoms with van der Waals surface area (Å²) in [5.41, 5.74) is -1.40. The van der Waals surface area contributed by atoms with Crippen LogP contribution in [0.5, 0.6) is 0 Å². The van der Waals surface area contributed by atoms with Crippen LogP contribution in [0.3, 0.4) is 0 Å².